The van der Waals surface area contributed by atoms with Crippen molar-refractivity contribution >= 4 is 17.5 Å². The number of nitrogens with one attached hydrogen (secondary N) is 2. The minimum Gasteiger partial charge on any atom is -0.489 e. The van der Waals surface area contributed by atoms with Crippen LogP contribution in [0.4, 0.5) is 0 Å². The zero-order valence-corrected chi connectivity index (χ0v) is 15.0. The molecule has 0 saturated carbocycles. The molecule has 0 aliphatic carbocycles. The third kappa shape index (κ3) is 4.14. The fourth-order valence-corrected chi connectivity index (χ4v) is 3.24. The predicted octanol–water partition coefficient (Wildman–Crippen LogP) is 2.20. The molecule has 1 aliphatic rings. The SMILES string of the molecule is CC(CNC(=O)C1(n2cccn2)CCNCC1)Oc1ccc(Cl)cc1. The van der Waals surface area contributed by atoms with Crippen LogP contribution in [0.2, 0.25) is 5.02 Å². The molecule has 25 heavy (non-hydrogen) atoms. The molecule has 1 amide bonds. The third-order valence-corrected chi connectivity index (χ3v) is 4.75. The Morgan fingerprint density at radius 2 is 2.12 bits per heavy atom. The van der Waals surface area contributed by atoms with Gasteiger partial charge in [0.05, 0.1) is 6.54 Å². The van der Waals surface area contributed by atoms with Crippen LogP contribution in [0.15, 0.2) is 42.7 Å². The Kier molecular flexibility index (Phi) is 5.60. The average Bonchev–Trinajstić information content (AvgIpc) is 3.17. The largest absolute Gasteiger partial charge is 0.489 e. The molecule has 7 heteroatoms. The van der Waals surface area contributed by atoms with Crippen LogP contribution in [0.1, 0.15) is 19.8 Å². The molecular formula is C18H23ClN4O2. The van der Waals surface area contributed by atoms with Gasteiger partial charge in [0.25, 0.3) is 0 Å². The third-order valence-electron chi connectivity index (χ3n) is 4.50. The van der Waals surface area contributed by atoms with Gasteiger partial charge in [0, 0.05) is 17.4 Å². The highest BCUT2D eigenvalue weighted by atomic mass is 35.5. The summed E-state index contributed by atoms with van der Waals surface area (Å²) in [5, 5.41) is 11.3. The van der Waals surface area contributed by atoms with Gasteiger partial charge in [0.2, 0.25) is 5.91 Å². The maximum Gasteiger partial charge on any atom is 0.248 e. The van der Waals surface area contributed by atoms with Crippen LogP contribution in [0.25, 0.3) is 0 Å². The number of halogens is 1. The number of carbonyl (C=O) groups is 1. The summed E-state index contributed by atoms with van der Waals surface area (Å²) in [5.41, 5.74) is -0.630. The van der Waals surface area contributed by atoms with E-state index in [4.69, 9.17) is 16.3 Å². The van der Waals surface area contributed by atoms with E-state index in [-0.39, 0.29) is 12.0 Å². The lowest BCUT2D eigenvalue weighted by atomic mass is 9.87. The smallest absolute Gasteiger partial charge is 0.248 e. The molecule has 6 nitrogen and oxygen atoms in total. The lowest BCUT2D eigenvalue weighted by Crippen LogP contribution is -2.55. The number of rotatable bonds is 6. The molecule has 0 radical (unpaired) electrons. The van der Waals surface area contributed by atoms with Gasteiger partial charge in [-0.15, -0.1) is 0 Å². The van der Waals surface area contributed by atoms with E-state index < -0.39 is 5.54 Å². The maximum atomic E-state index is 12.9. The monoisotopic (exact) mass is 362 g/mol. The van der Waals surface area contributed by atoms with Crippen molar-refractivity contribution in [1.29, 1.82) is 0 Å². The fraction of sp³-hybridized carbons (Fsp3) is 0.444. The Morgan fingerprint density at radius 1 is 1.40 bits per heavy atom. The average molecular weight is 363 g/mol. The lowest BCUT2D eigenvalue weighted by Gasteiger charge is -2.36. The first kappa shape index (κ1) is 17.8. The van der Waals surface area contributed by atoms with Crippen molar-refractivity contribution in [3.63, 3.8) is 0 Å². The summed E-state index contributed by atoms with van der Waals surface area (Å²) in [5.74, 6) is 0.721. The Labute approximate surface area is 152 Å². The molecule has 2 heterocycles. The molecule has 134 valence electrons. The van der Waals surface area contributed by atoms with Crippen molar-refractivity contribution < 1.29 is 9.53 Å². The number of carbonyl (C=O) groups excluding carboxylic acids is 1. The quantitative estimate of drug-likeness (QED) is 0.826. The number of benzene rings is 1. The van der Waals surface area contributed by atoms with Gasteiger partial charge in [-0.2, -0.15) is 5.10 Å². The number of hydrogen-bond acceptors (Lipinski definition) is 4. The van der Waals surface area contributed by atoms with Crippen LogP contribution in [-0.4, -0.2) is 41.4 Å². The van der Waals surface area contributed by atoms with Gasteiger partial charge in [-0.05, 0) is 63.2 Å². The highest BCUT2D eigenvalue weighted by Crippen LogP contribution is 2.27. The minimum atomic E-state index is -0.630. The van der Waals surface area contributed by atoms with Crippen LogP contribution in [0.3, 0.4) is 0 Å². The van der Waals surface area contributed by atoms with Crippen molar-refractivity contribution in [2.75, 3.05) is 19.6 Å². The summed E-state index contributed by atoms with van der Waals surface area (Å²) >= 11 is 5.88. The van der Waals surface area contributed by atoms with E-state index in [2.05, 4.69) is 15.7 Å². The lowest BCUT2D eigenvalue weighted by molar-refractivity contribution is -0.132. The van der Waals surface area contributed by atoms with E-state index in [1.807, 2.05) is 31.3 Å². The normalized spacial score (nSPS) is 17.7. The molecule has 1 saturated heterocycles. The molecule has 3 rings (SSSR count). The molecule has 1 aliphatic heterocycles. The van der Waals surface area contributed by atoms with Gasteiger partial charge in [0.1, 0.15) is 17.4 Å². The summed E-state index contributed by atoms with van der Waals surface area (Å²) in [6.07, 6.45) is 4.85. The summed E-state index contributed by atoms with van der Waals surface area (Å²) in [6, 6.07) is 9.05. The van der Waals surface area contributed by atoms with Crippen molar-refractivity contribution in [1.82, 2.24) is 20.4 Å². The summed E-state index contributed by atoms with van der Waals surface area (Å²) in [4.78, 5) is 12.9. The first-order chi connectivity index (χ1) is 12.1. The molecular weight excluding hydrogens is 340 g/mol. The predicted molar refractivity (Wildman–Crippen MR) is 96.9 cm³/mol. The van der Waals surface area contributed by atoms with Gasteiger partial charge in [-0.1, -0.05) is 11.6 Å². The van der Waals surface area contributed by atoms with Crippen LogP contribution < -0.4 is 15.4 Å². The van der Waals surface area contributed by atoms with Crippen LogP contribution in [-0.2, 0) is 10.3 Å². The van der Waals surface area contributed by atoms with Crippen LogP contribution >= 0.6 is 11.6 Å². The van der Waals surface area contributed by atoms with E-state index in [0.29, 0.717) is 24.4 Å². The van der Waals surface area contributed by atoms with E-state index in [0.717, 1.165) is 18.8 Å². The number of nitrogens with zero attached hydrogens (tertiary/aromatic N) is 2. The number of hydrogen-bond donors (Lipinski definition) is 2. The topological polar surface area (TPSA) is 68.2 Å². The van der Waals surface area contributed by atoms with Gasteiger partial charge in [-0.25, -0.2) is 0 Å². The Balaban J connectivity index is 1.61. The zero-order valence-electron chi connectivity index (χ0n) is 14.2. The number of piperidine rings is 1. The second-order valence-corrected chi connectivity index (χ2v) is 6.76. The van der Waals surface area contributed by atoms with E-state index in [9.17, 15) is 4.79 Å². The Hall–Kier alpha value is -2.05. The minimum absolute atomic E-state index is 0.00995. The van der Waals surface area contributed by atoms with E-state index in [1.54, 1.807) is 23.0 Å². The highest BCUT2D eigenvalue weighted by molar-refractivity contribution is 6.30. The number of amides is 1. The van der Waals surface area contributed by atoms with Crippen molar-refractivity contribution in [3.05, 3.63) is 47.7 Å². The molecule has 2 aromatic rings. The number of ether oxygens (including phenoxy) is 1. The molecule has 0 bridgehead atoms. The van der Waals surface area contributed by atoms with Crippen molar-refractivity contribution in [2.24, 2.45) is 0 Å². The second kappa shape index (κ2) is 7.89. The van der Waals surface area contributed by atoms with Crippen molar-refractivity contribution in [3.8, 4) is 5.75 Å². The second-order valence-electron chi connectivity index (χ2n) is 6.32. The van der Waals surface area contributed by atoms with E-state index >= 15 is 0 Å². The maximum absolute atomic E-state index is 12.9. The Morgan fingerprint density at radius 3 is 2.76 bits per heavy atom. The molecule has 1 atom stereocenters. The fourth-order valence-electron chi connectivity index (χ4n) is 3.11. The van der Waals surface area contributed by atoms with Crippen LogP contribution in [0.5, 0.6) is 5.75 Å². The van der Waals surface area contributed by atoms with Crippen molar-refractivity contribution in [2.45, 2.75) is 31.4 Å². The molecule has 0 spiro atoms. The standard InChI is InChI=1S/C18H23ClN4O2/c1-14(25-16-5-3-15(19)4-6-16)13-21-17(24)18(7-10-20-11-8-18)23-12-2-9-22-23/h2-6,9,12,14,20H,7-8,10-11,13H2,1H3,(H,21,24). The summed E-state index contributed by atoms with van der Waals surface area (Å²) < 4.78 is 7.61. The van der Waals surface area contributed by atoms with Crippen LogP contribution in [0, 0.1) is 0 Å². The molecule has 1 aromatic carbocycles. The highest BCUT2D eigenvalue weighted by Gasteiger charge is 2.41. The molecule has 1 fully saturated rings. The summed E-state index contributed by atoms with van der Waals surface area (Å²) in [7, 11) is 0. The first-order valence-corrected chi connectivity index (χ1v) is 8.89. The van der Waals surface area contributed by atoms with Gasteiger partial charge < -0.3 is 15.4 Å². The summed E-state index contributed by atoms with van der Waals surface area (Å²) in [6.45, 7) is 3.95. The molecule has 1 aromatic heterocycles. The zero-order chi connectivity index (χ0) is 17.7. The molecule has 1 unspecified atom stereocenters. The molecule has 2 N–H and O–H groups in total. The van der Waals surface area contributed by atoms with Gasteiger partial charge in [-0.3, -0.25) is 9.48 Å². The Bertz CT molecular complexity index is 682. The first-order valence-electron chi connectivity index (χ1n) is 8.51. The van der Waals surface area contributed by atoms with Gasteiger partial charge >= 0.3 is 0 Å². The number of aromatic nitrogens is 2. The van der Waals surface area contributed by atoms with Gasteiger partial charge in [0.15, 0.2) is 0 Å². The van der Waals surface area contributed by atoms with E-state index in [1.165, 1.54) is 0 Å².